The molecule has 0 heterocycles. The van der Waals surface area contributed by atoms with Gasteiger partial charge in [0.1, 0.15) is 6.61 Å². The number of rotatable bonds is 4. The third-order valence-electron chi connectivity index (χ3n) is 9.70. The lowest BCUT2D eigenvalue weighted by Crippen LogP contribution is -2.50. The van der Waals surface area contributed by atoms with Gasteiger partial charge >= 0.3 is 10.4 Å². The SMILES string of the molecule is C[C@]12CCC3[C@H]4CC[C@]5(O)CC5[C@H]4CC[C@H]3[C@@H]1CC[C@@H]2C(=O)COS(=O)(=O)O. The molecule has 5 saturated carbocycles. The summed E-state index contributed by atoms with van der Waals surface area (Å²) in [5, 5.41) is 10.6. The van der Waals surface area contributed by atoms with Crippen LogP contribution in [0.4, 0.5) is 0 Å². The van der Waals surface area contributed by atoms with Crippen LogP contribution in [0, 0.1) is 46.8 Å². The van der Waals surface area contributed by atoms with Crippen molar-refractivity contribution in [1.82, 2.24) is 0 Å². The smallest absolute Gasteiger partial charge is 0.390 e. The van der Waals surface area contributed by atoms with Gasteiger partial charge in [-0.05, 0) is 98.7 Å². The number of hydrogen-bond donors (Lipinski definition) is 2. The average molecular weight is 413 g/mol. The van der Waals surface area contributed by atoms with Gasteiger partial charge in [-0.3, -0.25) is 9.35 Å². The summed E-state index contributed by atoms with van der Waals surface area (Å²) in [4.78, 5) is 12.7. The Kier molecular flexibility index (Phi) is 4.35. The molecule has 0 amide bonds. The number of carbonyl (C=O) groups excluding carboxylic acids is 1. The molecule has 0 radical (unpaired) electrons. The van der Waals surface area contributed by atoms with E-state index in [4.69, 9.17) is 4.55 Å². The summed E-state index contributed by atoms with van der Waals surface area (Å²) in [5.41, 5.74) is -0.419. The van der Waals surface area contributed by atoms with Gasteiger partial charge in [-0.2, -0.15) is 8.42 Å². The van der Waals surface area contributed by atoms with Crippen molar-refractivity contribution in [2.45, 2.75) is 70.3 Å². The van der Waals surface area contributed by atoms with Crippen LogP contribution in [0.1, 0.15) is 64.7 Å². The molecule has 5 rings (SSSR count). The first-order valence-electron chi connectivity index (χ1n) is 11.0. The molecule has 0 spiro atoms. The molecule has 7 heteroatoms. The van der Waals surface area contributed by atoms with Crippen LogP contribution in [0.25, 0.3) is 0 Å². The highest BCUT2D eigenvalue weighted by molar-refractivity contribution is 7.80. The normalized spacial score (nSPS) is 52.2. The molecule has 9 atom stereocenters. The van der Waals surface area contributed by atoms with Crippen molar-refractivity contribution >= 4 is 16.2 Å². The van der Waals surface area contributed by atoms with Crippen molar-refractivity contribution < 1.29 is 27.1 Å². The molecule has 0 saturated heterocycles. The monoisotopic (exact) mass is 412 g/mol. The van der Waals surface area contributed by atoms with Gasteiger partial charge < -0.3 is 5.11 Å². The zero-order chi connectivity index (χ0) is 19.9. The third kappa shape index (κ3) is 2.91. The largest absolute Gasteiger partial charge is 0.397 e. The van der Waals surface area contributed by atoms with Crippen molar-refractivity contribution in [1.29, 1.82) is 0 Å². The van der Waals surface area contributed by atoms with Crippen LogP contribution in [0.2, 0.25) is 0 Å². The van der Waals surface area contributed by atoms with Crippen molar-refractivity contribution in [3.05, 3.63) is 0 Å². The highest BCUT2D eigenvalue weighted by atomic mass is 32.3. The minimum atomic E-state index is -4.58. The molecule has 5 fully saturated rings. The van der Waals surface area contributed by atoms with Gasteiger partial charge in [-0.1, -0.05) is 6.92 Å². The molecule has 5 aliphatic rings. The van der Waals surface area contributed by atoms with E-state index in [-0.39, 0.29) is 22.7 Å². The van der Waals surface area contributed by atoms with Crippen molar-refractivity contribution in [2.24, 2.45) is 46.8 Å². The number of aliphatic hydroxyl groups is 1. The third-order valence-corrected chi connectivity index (χ3v) is 10.1. The molecular formula is C21H32O6S. The molecule has 0 aromatic heterocycles. The maximum absolute atomic E-state index is 12.7. The molecule has 0 bridgehead atoms. The summed E-state index contributed by atoms with van der Waals surface area (Å²) >= 11 is 0. The number of hydrogen-bond acceptors (Lipinski definition) is 5. The molecule has 0 aromatic rings. The van der Waals surface area contributed by atoms with Crippen molar-refractivity contribution in [3.63, 3.8) is 0 Å². The molecule has 0 aromatic carbocycles. The first kappa shape index (κ1) is 19.5. The second-order valence-corrected chi connectivity index (χ2v) is 11.7. The second kappa shape index (κ2) is 6.25. The van der Waals surface area contributed by atoms with Crippen LogP contribution in [-0.2, 0) is 19.4 Å². The fourth-order valence-corrected chi connectivity index (χ4v) is 8.71. The van der Waals surface area contributed by atoms with E-state index in [0.717, 1.165) is 56.8 Å². The molecule has 0 aliphatic heterocycles. The summed E-state index contributed by atoms with van der Waals surface area (Å²) in [6.07, 6.45) is 9.56. The Morgan fingerprint density at radius 3 is 2.29 bits per heavy atom. The summed E-state index contributed by atoms with van der Waals surface area (Å²) < 4.78 is 34.9. The second-order valence-electron chi connectivity index (χ2n) is 10.6. The average Bonchev–Trinajstić information content (AvgIpc) is 3.20. The molecular weight excluding hydrogens is 380 g/mol. The minimum Gasteiger partial charge on any atom is -0.390 e. The fourth-order valence-electron chi connectivity index (χ4n) is 8.45. The number of carbonyl (C=O) groups is 1. The standard InChI is InChI=1S/C21H32O6S/c1-20-8-6-12-13-7-9-21(23)10-18(21)15(13)3-2-14(12)16(20)4-5-17(20)19(22)11-27-28(24,25)26/h12-18,23H,2-11H2,1H3,(H,24,25,26)/t12?,13-,14-,15+,16+,17-,18?,20+,21+/m1/s1. The van der Waals surface area contributed by atoms with Crippen LogP contribution in [0.15, 0.2) is 0 Å². The van der Waals surface area contributed by atoms with Crippen molar-refractivity contribution in [3.8, 4) is 0 Å². The van der Waals surface area contributed by atoms with Gasteiger partial charge in [-0.15, -0.1) is 0 Å². The first-order chi connectivity index (χ1) is 13.1. The number of ketones is 1. The molecule has 28 heavy (non-hydrogen) atoms. The molecule has 158 valence electrons. The Balaban J connectivity index is 1.31. The molecule has 2 N–H and O–H groups in total. The fraction of sp³-hybridized carbons (Fsp3) is 0.952. The van der Waals surface area contributed by atoms with Gasteiger partial charge in [0.2, 0.25) is 0 Å². The van der Waals surface area contributed by atoms with E-state index in [0.29, 0.717) is 23.7 Å². The van der Waals surface area contributed by atoms with E-state index in [1.54, 1.807) is 0 Å². The summed E-state index contributed by atoms with van der Waals surface area (Å²) in [6, 6.07) is 0. The van der Waals surface area contributed by atoms with E-state index >= 15 is 0 Å². The van der Waals surface area contributed by atoms with Gasteiger partial charge in [0, 0.05) is 5.92 Å². The molecule has 6 nitrogen and oxygen atoms in total. The minimum absolute atomic E-state index is 0.0807. The molecule has 5 aliphatic carbocycles. The maximum Gasteiger partial charge on any atom is 0.397 e. The van der Waals surface area contributed by atoms with Crippen LogP contribution in [-0.4, -0.2) is 36.1 Å². The van der Waals surface area contributed by atoms with E-state index in [1.807, 2.05) is 0 Å². The summed E-state index contributed by atoms with van der Waals surface area (Å²) in [7, 11) is -4.58. The van der Waals surface area contributed by atoms with E-state index in [9.17, 15) is 18.3 Å². The van der Waals surface area contributed by atoms with Crippen LogP contribution >= 0.6 is 0 Å². The highest BCUT2D eigenvalue weighted by Gasteiger charge is 2.65. The van der Waals surface area contributed by atoms with Gasteiger partial charge in [0.15, 0.2) is 5.78 Å². The number of Topliss-reactive ketones (excluding diaryl/α,β-unsaturated/α-hetero) is 1. The van der Waals surface area contributed by atoms with Gasteiger partial charge in [0.25, 0.3) is 0 Å². The lowest BCUT2D eigenvalue weighted by Gasteiger charge is -2.56. The highest BCUT2D eigenvalue weighted by Crippen LogP contribution is 2.68. The molecule has 2 unspecified atom stereocenters. The Hall–Kier alpha value is -0.500. The van der Waals surface area contributed by atoms with E-state index in [2.05, 4.69) is 11.1 Å². The maximum atomic E-state index is 12.7. The van der Waals surface area contributed by atoms with Gasteiger partial charge in [0.05, 0.1) is 5.60 Å². The van der Waals surface area contributed by atoms with Crippen LogP contribution < -0.4 is 0 Å². The van der Waals surface area contributed by atoms with Crippen molar-refractivity contribution in [2.75, 3.05) is 6.61 Å². The predicted octanol–water partition coefficient (Wildman–Crippen LogP) is 3.00. The number of fused-ring (bicyclic) bond motifs is 7. The van der Waals surface area contributed by atoms with E-state index in [1.165, 1.54) is 12.8 Å². The quantitative estimate of drug-likeness (QED) is 0.689. The van der Waals surface area contributed by atoms with E-state index < -0.39 is 17.0 Å². The lowest BCUT2D eigenvalue weighted by molar-refractivity contribution is -0.133. The Morgan fingerprint density at radius 2 is 1.61 bits per heavy atom. The summed E-state index contributed by atoms with van der Waals surface area (Å²) in [6.45, 7) is 1.67. The zero-order valence-electron chi connectivity index (χ0n) is 16.5. The van der Waals surface area contributed by atoms with Crippen LogP contribution in [0.5, 0.6) is 0 Å². The first-order valence-corrected chi connectivity index (χ1v) is 12.4. The Labute approximate surface area is 167 Å². The zero-order valence-corrected chi connectivity index (χ0v) is 17.4. The predicted molar refractivity (Wildman–Crippen MR) is 102 cm³/mol. The van der Waals surface area contributed by atoms with Crippen LogP contribution in [0.3, 0.4) is 0 Å². The summed E-state index contributed by atoms with van der Waals surface area (Å²) in [5.74, 6) is 3.53. The Morgan fingerprint density at radius 1 is 0.964 bits per heavy atom. The lowest BCUT2D eigenvalue weighted by atomic mass is 9.49. The van der Waals surface area contributed by atoms with Gasteiger partial charge in [-0.25, -0.2) is 4.18 Å². The topological polar surface area (TPSA) is 101 Å². The Bertz CT molecular complexity index is 780.